The van der Waals surface area contributed by atoms with E-state index in [2.05, 4.69) is 13.2 Å². The fourth-order valence-corrected chi connectivity index (χ4v) is 1.47. The van der Waals surface area contributed by atoms with Gasteiger partial charge in [0.05, 0.1) is 12.2 Å². The van der Waals surface area contributed by atoms with Gasteiger partial charge in [-0.1, -0.05) is 30.9 Å². The molecule has 3 atom stereocenters. The van der Waals surface area contributed by atoms with Crippen molar-refractivity contribution in [2.24, 2.45) is 5.92 Å². The molecule has 0 aromatic rings. The predicted octanol–water partition coefficient (Wildman–Crippen LogP) is 1.03. The van der Waals surface area contributed by atoms with Gasteiger partial charge in [0.2, 0.25) is 0 Å². The van der Waals surface area contributed by atoms with Crippen LogP contribution >= 0.6 is 0 Å². The van der Waals surface area contributed by atoms with Crippen molar-refractivity contribution in [1.29, 1.82) is 0 Å². The summed E-state index contributed by atoms with van der Waals surface area (Å²) in [4.78, 5) is 0. The van der Waals surface area contributed by atoms with E-state index in [0.717, 1.165) is 5.57 Å². The second-order valence-corrected chi connectivity index (χ2v) is 3.22. The molecular formula is C10H14O2. The summed E-state index contributed by atoms with van der Waals surface area (Å²) >= 11 is 0. The van der Waals surface area contributed by atoms with Gasteiger partial charge in [-0.3, -0.25) is 0 Å². The molecule has 0 aliphatic heterocycles. The molecule has 0 heterocycles. The van der Waals surface area contributed by atoms with Gasteiger partial charge in [0.15, 0.2) is 0 Å². The fourth-order valence-electron chi connectivity index (χ4n) is 1.47. The number of hydrogen-bond acceptors (Lipinski definition) is 2. The van der Waals surface area contributed by atoms with Gasteiger partial charge in [-0.15, -0.1) is 0 Å². The maximum absolute atomic E-state index is 9.51. The molecule has 0 amide bonds. The van der Waals surface area contributed by atoms with E-state index in [1.54, 1.807) is 12.2 Å². The number of aliphatic hydroxyl groups excluding tert-OH is 2. The lowest BCUT2D eigenvalue weighted by atomic mass is 9.81. The molecule has 2 heteroatoms. The zero-order chi connectivity index (χ0) is 9.30. The standard InChI is InChI=1S/C10H14O2/c1-6(2)10-7(3)8(11)4-5-9(10)12/h4-5,8-12H,1,3H2,2H3/t8-,9+,10-/m1/s1. The minimum Gasteiger partial charge on any atom is -0.388 e. The Morgan fingerprint density at radius 3 is 2.42 bits per heavy atom. The van der Waals surface area contributed by atoms with E-state index in [0.29, 0.717) is 5.57 Å². The Hall–Kier alpha value is -0.860. The SMILES string of the molecule is C=C(C)[C@@H]1C(=C)[C@H](O)C=C[C@@H]1O. The Balaban J connectivity index is 2.92. The molecule has 0 aromatic heterocycles. The first-order valence-electron chi connectivity index (χ1n) is 3.92. The highest BCUT2D eigenvalue weighted by Crippen LogP contribution is 2.29. The smallest absolute Gasteiger partial charge is 0.0937 e. The zero-order valence-corrected chi connectivity index (χ0v) is 7.20. The first kappa shape index (κ1) is 9.23. The van der Waals surface area contributed by atoms with Crippen LogP contribution in [0.5, 0.6) is 0 Å². The van der Waals surface area contributed by atoms with E-state index in [-0.39, 0.29) is 5.92 Å². The van der Waals surface area contributed by atoms with Gasteiger partial charge in [0, 0.05) is 5.92 Å². The Kier molecular flexibility index (Phi) is 2.50. The predicted molar refractivity (Wildman–Crippen MR) is 48.6 cm³/mol. The van der Waals surface area contributed by atoms with Crippen molar-refractivity contribution >= 4 is 0 Å². The number of hydrogen-bond donors (Lipinski definition) is 2. The van der Waals surface area contributed by atoms with E-state index < -0.39 is 12.2 Å². The highest BCUT2D eigenvalue weighted by Gasteiger charge is 2.27. The topological polar surface area (TPSA) is 40.5 Å². The molecule has 0 saturated carbocycles. The van der Waals surface area contributed by atoms with E-state index in [1.165, 1.54) is 0 Å². The van der Waals surface area contributed by atoms with Gasteiger partial charge in [0.1, 0.15) is 0 Å². The van der Waals surface area contributed by atoms with Crippen molar-refractivity contribution in [3.8, 4) is 0 Å². The van der Waals surface area contributed by atoms with Crippen LogP contribution in [0.25, 0.3) is 0 Å². The Labute approximate surface area is 72.5 Å². The average Bonchev–Trinajstić information content (AvgIpc) is 1.97. The molecular weight excluding hydrogens is 152 g/mol. The van der Waals surface area contributed by atoms with Crippen LogP contribution in [0.4, 0.5) is 0 Å². The monoisotopic (exact) mass is 166 g/mol. The van der Waals surface area contributed by atoms with Gasteiger partial charge in [-0.25, -0.2) is 0 Å². The summed E-state index contributed by atoms with van der Waals surface area (Å²) in [5, 5.41) is 18.9. The van der Waals surface area contributed by atoms with E-state index >= 15 is 0 Å². The highest BCUT2D eigenvalue weighted by atomic mass is 16.3. The second kappa shape index (κ2) is 3.25. The van der Waals surface area contributed by atoms with Crippen molar-refractivity contribution < 1.29 is 10.2 Å². The quantitative estimate of drug-likeness (QED) is 0.571. The Morgan fingerprint density at radius 1 is 1.42 bits per heavy atom. The van der Waals surface area contributed by atoms with Gasteiger partial charge >= 0.3 is 0 Å². The molecule has 1 aliphatic carbocycles. The van der Waals surface area contributed by atoms with E-state index in [9.17, 15) is 10.2 Å². The molecule has 0 saturated heterocycles. The van der Waals surface area contributed by atoms with Crippen molar-refractivity contribution in [1.82, 2.24) is 0 Å². The van der Waals surface area contributed by atoms with Gasteiger partial charge in [-0.05, 0) is 12.5 Å². The minimum atomic E-state index is -0.643. The van der Waals surface area contributed by atoms with Crippen LogP contribution in [0.1, 0.15) is 6.92 Å². The number of rotatable bonds is 1. The molecule has 0 unspecified atom stereocenters. The summed E-state index contributed by atoms with van der Waals surface area (Å²) in [5.41, 5.74) is 1.45. The third kappa shape index (κ3) is 1.49. The summed E-state index contributed by atoms with van der Waals surface area (Å²) < 4.78 is 0. The Bertz CT molecular complexity index is 240. The minimum absolute atomic E-state index is 0.204. The molecule has 0 bridgehead atoms. The molecule has 0 spiro atoms. The zero-order valence-electron chi connectivity index (χ0n) is 7.20. The lowest BCUT2D eigenvalue weighted by Gasteiger charge is -2.29. The van der Waals surface area contributed by atoms with Crippen molar-refractivity contribution in [2.45, 2.75) is 19.1 Å². The van der Waals surface area contributed by atoms with Crippen LogP contribution in [0.3, 0.4) is 0 Å². The summed E-state index contributed by atoms with van der Waals surface area (Å²) in [6, 6.07) is 0. The molecule has 0 aromatic carbocycles. The number of aliphatic hydroxyl groups is 2. The van der Waals surface area contributed by atoms with Crippen LogP contribution in [0, 0.1) is 5.92 Å². The lowest BCUT2D eigenvalue weighted by molar-refractivity contribution is 0.152. The van der Waals surface area contributed by atoms with Gasteiger partial charge < -0.3 is 10.2 Å². The third-order valence-electron chi connectivity index (χ3n) is 2.14. The average molecular weight is 166 g/mol. The summed E-state index contributed by atoms with van der Waals surface area (Å²) in [6.07, 6.45) is 1.90. The van der Waals surface area contributed by atoms with Crippen LogP contribution in [-0.4, -0.2) is 22.4 Å². The van der Waals surface area contributed by atoms with E-state index in [4.69, 9.17) is 0 Å². The van der Waals surface area contributed by atoms with Crippen LogP contribution in [0.15, 0.2) is 36.5 Å². The maximum Gasteiger partial charge on any atom is 0.0937 e. The fraction of sp³-hybridized carbons (Fsp3) is 0.400. The normalized spacial score (nSPS) is 35.2. The molecule has 0 radical (unpaired) electrons. The third-order valence-corrected chi connectivity index (χ3v) is 2.14. The van der Waals surface area contributed by atoms with E-state index in [1.807, 2.05) is 6.92 Å². The second-order valence-electron chi connectivity index (χ2n) is 3.22. The van der Waals surface area contributed by atoms with Crippen LogP contribution < -0.4 is 0 Å². The largest absolute Gasteiger partial charge is 0.388 e. The highest BCUT2D eigenvalue weighted by molar-refractivity contribution is 5.30. The molecule has 1 rings (SSSR count). The van der Waals surface area contributed by atoms with Crippen LogP contribution in [0.2, 0.25) is 0 Å². The molecule has 2 nitrogen and oxygen atoms in total. The molecule has 12 heavy (non-hydrogen) atoms. The molecule has 0 fully saturated rings. The molecule has 66 valence electrons. The van der Waals surface area contributed by atoms with Gasteiger partial charge in [-0.2, -0.15) is 0 Å². The first-order valence-corrected chi connectivity index (χ1v) is 3.92. The first-order chi connectivity index (χ1) is 5.54. The van der Waals surface area contributed by atoms with Crippen molar-refractivity contribution in [3.05, 3.63) is 36.5 Å². The molecule has 1 aliphatic rings. The lowest BCUT2D eigenvalue weighted by Crippen LogP contribution is -2.30. The summed E-state index contributed by atoms with van der Waals surface area (Å²) in [6.45, 7) is 9.30. The Morgan fingerprint density at radius 2 is 2.00 bits per heavy atom. The van der Waals surface area contributed by atoms with Crippen molar-refractivity contribution in [2.75, 3.05) is 0 Å². The maximum atomic E-state index is 9.51. The van der Waals surface area contributed by atoms with Crippen molar-refractivity contribution in [3.63, 3.8) is 0 Å². The summed E-state index contributed by atoms with van der Waals surface area (Å²) in [5.74, 6) is -0.204. The van der Waals surface area contributed by atoms with Crippen LogP contribution in [-0.2, 0) is 0 Å². The van der Waals surface area contributed by atoms with Gasteiger partial charge in [0.25, 0.3) is 0 Å². The molecule has 2 N–H and O–H groups in total. The summed E-state index contributed by atoms with van der Waals surface area (Å²) in [7, 11) is 0.